The van der Waals surface area contributed by atoms with Crippen LogP contribution in [-0.4, -0.2) is 27.3 Å². The first-order valence-electron chi connectivity index (χ1n) is 9.43. The SMILES string of the molecule is C=C[C@@H]1C[C@]1(C)C(=O)NS(=O)(=O)c1cccc(COc2cccc(C(=O)NC)c2)c1. The Labute approximate surface area is 176 Å². The molecule has 2 aromatic carbocycles. The van der Waals surface area contributed by atoms with Crippen LogP contribution in [0, 0.1) is 11.3 Å². The topological polar surface area (TPSA) is 102 Å². The summed E-state index contributed by atoms with van der Waals surface area (Å²) in [6.07, 6.45) is 2.25. The Kier molecular flexibility index (Phi) is 5.98. The summed E-state index contributed by atoms with van der Waals surface area (Å²) >= 11 is 0. The average molecular weight is 429 g/mol. The molecular weight excluding hydrogens is 404 g/mol. The molecule has 0 spiro atoms. The lowest BCUT2D eigenvalue weighted by Gasteiger charge is -2.13. The molecule has 158 valence electrons. The molecule has 3 rings (SSSR count). The number of nitrogens with one attached hydrogen (secondary N) is 2. The molecule has 0 unspecified atom stereocenters. The molecule has 1 aliphatic carbocycles. The number of carbonyl (C=O) groups is 2. The monoisotopic (exact) mass is 428 g/mol. The predicted octanol–water partition coefficient (Wildman–Crippen LogP) is 2.64. The molecule has 7 nitrogen and oxygen atoms in total. The van der Waals surface area contributed by atoms with Gasteiger partial charge in [-0.25, -0.2) is 13.1 Å². The summed E-state index contributed by atoms with van der Waals surface area (Å²) in [7, 11) is -2.46. The maximum atomic E-state index is 12.6. The van der Waals surface area contributed by atoms with Gasteiger partial charge in [0.05, 0.1) is 10.3 Å². The highest BCUT2D eigenvalue weighted by Crippen LogP contribution is 2.53. The standard InChI is InChI=1S/C22H24N2O5S/c1-4-17-13-22(17,2)21(26)24-30(27,28)19-10-5-7-15(11-19)14-29-18-9-6-8-16(12-18)20(25)23-3/h4-12,17H,1,13-14H2,2-3H3,(H,23,25)(H,24,26)/t17-,22+/m1/s1. The summed E-state index contributed by atoms with van der Waals surface area (Å²) in [6, 6.07) is 12.9. The van der Waals surface area contributed by atoms with E-state index in [1.165, 1.54) is 12.1 Å². The molecule has 2 amide bonds. The summed E-state index contributed by atoms with van der Waals surface area (Å²) < 4.78 is 33.2. The fourth-order valence-corrected chi connectivity index (χ4v) is 4.30. The molecule has 0 bridgehead atoms. The van der Waals surface area contributed by atoms with Gasteiger partial charge >= 0.3 is 0 Å². The van der Waals surface area contributed by atoms with E-state index in [0.29, 0.717) is 23.3 Å². The van der Waals surface area contributed by atoms with Crippen molar-refractivity contribution >= 4 is 21.8 Å². The second-order valence-corrected chi connectivity index (χ2v) is 9.12. The van der Waals surface area contributed by atoms with Crippen LogP contribution in [0.1, 0.15) is 29.3 Å². The van der Waals surface area contributed by atoms with Crippen LogP contribution >= 0.6 is 0 Å². The van der Waals surface area contributed by atoms with Crippen LogP contribution in [0.2, 0.25) is 0 Å². The van der Waals surface area contributed by atoms with Crippen molar-refractivity contribution in [2.24, 2.45) is 11.3 Å². The zero-order valence-corrected chi connectivity index (χ0v) is 17.7. The fourth-order valence-electron chi connectivity index (χ4n) is 3.14. The zero-order chi connectivity index (χ0) is 21.9. The van der Waals surface area contributed by atoms with Gasteiger partial charge in [0.15, 0.2) is 0 Å². The van der Waals surface area contributed by atoms with E-state index >= 15 is 0 Å². The van der Waals surface area contributed by atoms with E-state index in [1.54, 1.807) is 56.4 Å². The van der Waals surface area contributed by atoms with Gasteiger partial charge in [-0.1, -0.05) is 31.2 Å². The molecule has 1 aliphatic rings. The smallest absolute Gasteiger partial charge is 0.264 e. The Morgan fingerprint density at radius 1 is 1.23 bits per heavy atom. The molecule has 0 saturated heterocycles. The van der Waals surface area contributed by atoms with E-state index in [-0.39, 0.29) is 23.3 Å². The lowest BCUT2D eigenvalue weighted by molar-refractivity contribution is -0.124. The molecular formula is C22H24N2O5S. The molecule has 2 atom stereocenters. The highest BCUT2D eigenvalue weighted by atomic mass is 32.2. The average Bonchev–Trinajstić information content (AvgIpc) is 3.44. The minimum atomic E-state index is -4.00. The van der Waals surface area contributed by atoms with Gasteiger partial charge in [0, 0.05) is 12.6 Å². The van der Waals surface area contributed by atoms with Crippen molar-refractivity contribution in [3.8, 4) is 5.75 Å². The second kappa shape index (κ2) is 8.31. The third-order valence-electron chi connectivity index (χ3n) is 5.27. The minimum absolute atomic E-state index is 0.0158. The normalized spacial score (nSPS) is 20.1. The van der Waals surface area contributed by atoms with Crippen LogP contribution in [0.15, 0.2) is 66.1 Å². The highest BCUT2D eigenvalue weighted by Gasteiger charge is 2.55. The second-order valence-electron chi connectivity index (χ2n) is 7.44. The van der Waals surface area contributed by atoms with E-state index in [0.717, 1.165) is 0 Å². The Morgan fingerprint density at radius 3 is 2.63 bits per heavy atom. The van der Waals surface area contributed by atoms with E-state index in [4.69, 9.17) is 4.74 Å². The van der Waals surface area contributed by atoms with Gasteiger partial charge < -0.3 is 10.1 Å². The van der Waals surface area contributed by atoms with Gasteiger partial charge in [0.25, 0.3) is 15.9 Å². The highest BCUT2D eigenvalue weighted by molar-refractivity contribution is 7.90. The number of hydrogen-bond donors (Lipinski definition) is 2. The minimum Gasteiger partial charge on any atom is -0.489 e. The first-order chi connectivity index (χ1) is 14.2. The molecule has 0 radical (unpaired) electrons. The van der Waals surface area contributed by atoms with E-state index in [1.807, 2.05) is 0 Å². The largest absolute Gasteiger partial charge is 0.489 e. The van der Waals surface area contributed by atoms with Crippen molar-refractivity contribution in [2.45, 2.75) is 24.8 Å². The summed E-state index contributed by atoms with van der Waals surface area (Å²) in [5.74, 6) is -0.292. The molecule has 0 heterocycles. The van der Waals surface area contributed by atoms with Gasteiger partial charge in [0.1, 0.15) is 12.4 Å². The maximum absolute atomic E-state index is 12.6. The lowest BCUT2D eigenvalue weighted by Crippen LogP contribution is -2.36. The molecule has 30 heavy (non-hydrogen) atoms. The van der Waals surface area contributed by atoms with Crippen LogP contribution in [0.4, 0.5) is 0 Å². The summed E-state index contributed by atoms with van der Waals surface area (Å²) in [6.45, 7) is 5.49. The Morgan fingerprint density at radius 2 is 1.97 bits per heavy atom. The number of ether oxygens (including phenoxy) is 1. The van der Waals surface area contributed by atoms with E-state index in [2.05, 4.69) is 16.6 Å². The number of carbonyl (C=O) groups excluding carboxylic acids is 2. The third kappa shape index (κ3) is 4.54. The van der Waals surface area contributed by atoms with Crippen molar-refractivity contribution < 1.29 is 22.7 Å². The Balaban J connectivity index is 1.69. The Bertz CT molecular complexity index is 1100. The van der Waals surface area contributed by atoms with E-state index < -0.39 is 21.3 Å². The maximum Gasteiger partial charge on any atom is 0.264 e. The number of allylic oxidation sites excluding steroid dienone is 1. The van der Waals surface area contributed by atoms with Crippen molar-refractivity contribution in [1.29, 1.82) is 0 Å². The van der Waals surface area contributed by atoms with Crippen LogP contribution in [0.25, 0.3) is 0 Å². The van der Waals surface area contributed by atoms with E-state index in [9.17, 15) is 18.0 Å². The Hall–Kier alpha value is -3.13. The first-order valence-corrected chi connectivity index (χ1v) is 10.9. The molecule has 2 aromatic rings. The number of rotatable bonds is 8. The number of amides is 2. The predicted molar refractivity (Wildman–Crippen MR) is 112 cm³/mol. The number of benzene rings is 2. The lowest BCUT2D eigenvalue weighted by atomic mass is 10.1. The fraction of sp³-hybridized carbons (Fsp3) is 0.273. The number of hydrogen-bond acceptors (Lipinski definition) is 5. The quantitative estimate of drug-likeness (QED) is 0.630. The molecule has 0 aromatic heterocycles. The summed E-state index contributed by atoms with van der Waals surface area (Å²) in [5.41, 5.74) is 0.337. The zero-order valence-electron chi connectivity index (χ0n) is 16.8. The van der Waals surface area contributed by atoms with Gasteiger partial charge in [-0.3, -0.25) is 9.59 Å². The van der Waals surface area contributed by atoms with Crippen molar-refractivity contribution in [1.82, 2.24) is 10.0 Å². The van der Waals surface area contributed by atoms with Crippen LogP contribution in [-0.2, 0) is 21.4 Å². The van der Waals surface area contributed by atoms with Crippen LogP contribution in [0.5, 0.6) is 5.75 Å². The summed E-state index contributed by atoms with van der Waals surface area (Å²) in [5, 5.41) is 2.54. The molecule has 1 fully saturated rings. The van der Waals surface area contributed by atoms with Gasteiger partial charge in [-0.15, -0.1) is 6.58 Å². The van der Waals surface area contributed by atoms with Gasteiger partial charge in [0.2, 0.25) is 5.91 Å². The van der Waals surface area contributed by atoms with Crippen LogP contribution in [0.3, 0.4) is 0 Å². The van der Waals surface area contributed by atoms with Crippen molar-refractivity contribution in [2.75, 3.05) is 7.05 Å². The third-order valence-corrected chi connectivity index (χ3v) is 6.60. The molecule has 2 N–H and O–H groups in total. The van der Waals surface area contributed by atoms with Gasteiger partial charge in [-0.2, -0.15) is 0 Å². The first kappa shape index (κ1) is 21.6. The van der Waals surface area contributed by atoms with Crippen molar-refractivity contribution in [3.05, 3.63) is 72.3 Å². The number of sulfonamides is 1. The molecule has 8 heteroatoms. The molecule has 0 aliphatic heterocycles. The summed E-state index contributed by atoms with van der Waals surface area (Å²) in [4.78, 5) is 24.1. The van der Waals surface area contributed by atoms with Gasteiger partial charge in [-0.05, 0) is 48.2 Å². The molecule has 1 saturated carbocycles. The van der Waals surface area contributed by atoms with Crippen LogP contribution < -0.4 is 14.8 Å². The van der Waals surface area contributed by atoms with Crippen molar-refractivity contribution in [3.63, 3.8) is 0 Å².